The van der Waals surface area contributed by atoms with Gasteiger partial charge in [-0.1, -0.05) is 37.6 Å². The molecule has 0 bridgehead atoms. The molecule has 1 aromatic rings. The average Bonchev–Trinajstić information content (AvgIpc) is 3.27. The van der Waals surface area contributed by atoms with Gasteiger partial charge < -0.3 is 10.2 Å². The van der Waals surface area contributed by atoms with Crippen molar-refractivity contribution >= 4 is 17.5 Å². The van der Waals surface area contributed by atoms with Crippen LogP contribution in [0.25, 0.3) is 0 Å². The molecule has 1 N–H and O–H groups in total. The van der Waals surface area contributed by atoms with Gasteiger partial charge in [-0.3, -0.25) is 4.79 Å². The Hall–Kier alpha value is -1.06. The van der Waals surface area contributed by atoms with Gasteiger partial charge in [0.2, 0.25) is 5.91 Å². The van der Waals surface area contributed by atoms with Crippen LogP contribution in [-0.2, 0) is 4.79 Å². The molecule has 1 aliphatic rings. The topological polar surface area (TPSA) is 32.3 Å². The standard InChI is InChI=1S/C17H25ClN2O/c1-12(2)11-20(16-8-9-16)17(21)10-19-13(3)14-4-6-15(18)7-5-14/h4-7,12-13,16,19H,8-11H2,1-3H3/t13-/m1/s1. The van der Waals surface area contributed by atoms with Gasteiger partial charge in [-0.25, -0.2) is 0 Å². The molecule has 1 atom stereocenters. The van der Waals surface area contributed by atoms with E-state index in [0.717, 1.165) is 30.0 Å². The molecule has 0 radical (unpaired) electrons. The SMILES string of the molecule is CC(C)CN(C(=O)CN[C@H](C)c1ccc(Cl)cc1)C1CC1. The summed E-state index contributed by atoms with van der Waals surface area (Å²) in [7, 11) is 0. The molecule has 0 saturated heterocycles. The second-order valence-corrected chi connectivity index (χ2v) is 6.76. The third-order valence-corrected chi connectivity index (χ3v) is 4.05. The summed E-state index contributed by atoms with van der Waals surface area (Å²) in [4.78, 5) is 14.4. The number of halogens is 1. The molecule has 0 aromatic heterocycles. The fraction of sp³-hybridized carbons (Fsp3) is 0.588. The van der Waals surface area contributed by atoms with Gasteiger partial charge in [0.05, 0.1) is 6.54 Å². The zero-order chi connectivity index (χ0) is 15.4. The minimum atomic E-state index is 0.145. The number of nitrogens with zero attached hydrogens (tertiary/aromatic N) is 1. The molecular formula is C17H25ClN2O. The Balaban J connectivity index is 1.85. The smallest absolute Gasteiger partial charge is 0.236 e. The number of hydrogen-bond acceptors (Lipinski definition) is 2. The first-order valence-electron chi connectivity index (χ1n) is 7.75. The fourth-order valence-electron chi connectivity index (χ4n) is 2.45. The lowest BCUT2D eigenvalue weighted by molar-refractivity contribution is -0.131. The van der Waals surface area contributed by atoms with Crippen LogP contribution >= 0.6 is 11.6 Å². The van der Waals surface area contributed by atoms with Crippen molar-refractivity contribution in [3.63, 3.8) is 0 Å². The Morgan fingerprint density at radius 3 is 2.43 bits per heavy atom. The van der Waals surface area contributed by atoms with Gasteiger partial charge in [0.1, 0.15) is 0 Å². The van der Waals surface area contributed by atoms with Crippen LogP contribution < -0.4 is 5.32 Å². The van der Waals surface area contributed by atoms with Crippen LogP contribution in [0.4, 0.5) is 0 Å². The predicted octanol–water partition coefficient (Wildman–Crippen LogP) is 3.64. The van der Waals surface area contributed by atoms with E-state index in [0.29, 0.717) is 18.5 Å². The molecule has 1 aromatic carbocycles. The summed E-state index contributed by atoms with van der Waals surface area (Å²) in [6.45, 7) is 7.65. The summed E-state index contributed by atoms with van der Waals surface area (Å²) in [5.74, 6) is 0.732. The van der Waals surface area contributed by atoms with Crippen LogP contribution in [0.1, 0.15) is 45.2 Å². The number of carbonyl (C=O) groups is 1. The molecule has 1 saturated carbocycles. The first kappa shape index (κ1) is 16.3. The molecule has 2 rings (SSSR count). The molecule has 1 fully saturated rings. The molecule has 3 nitrogen and oxygen atoms in total. The third kappa shape index (κ3) is 5.01. The highest BCUT2D eigenvalue weighted by molar-refractivity contribution is 6.30. The highest BCUT2D eigenvalue weighted by Gasteiger charge is 2.32. The summed E-state index contributed by atoms with van der Waals surface area (Å²) in [6, 6.07) is 8.38. The molecule has 0 heterocycles. The van der Waals surface area contributed by atoms with Crippen LogP contribution in [-0.4, -0.2) is 29.9 Å². The van der Waals surface area contributed by atoms with Gasteiger partial charge in [-0.05, 0) is 43.4 Å². The van der Waals surface area contributed by atoms with Crippen molar-refractivity contribution in [1.29, 1.82) is 0 Å². The molecule has 1 amide bonds. The number of hydrogen-bond donors (Lipinski definition) is 1. The highest BCUT2D eigenvalue weighted by Crippen LogP contribution is 2.27. The normalized spacial score (nSPS) is 16.0. The summed E-state index contributed by atoms with van der Waals surface area (Å²) in [5, 5.41) is 4.06. The van der Waals surface area contributed by atoms with Crippen LogP contribution in [0.2, 0.25) is 5.02 Å². The fourth-order valence-corrected chi connectivity index (χ4v) is 2.57. The van der Waals surface area contributed by atoms with Gasteiger partial charge in [0.15, 0.2) is 0 Å². The van der Waals surface area contributed by atoms with Gasteiger partial charge in [0, 0.05) is 23.7 Å². The molecule has 0 spiro atoms. The summed E-state index contributed by atoms with van der Waals surface area (Å²) >= 11 is 5.89. The van der Waals surface area contributed by atoms with Crippen molar-refractivity contribution in [1.82, 2.24) is 10.2 Å². The molecule has 21 heavy (non-hydrogen) atoms. The first-order valence-corrected chi connectivity index (χ1v) is 8.13. The zero-order valence-corrected chi connectivity index (χ0v) is 13.9. The van der Waals surface area contributed by atoms with E-state index in [1.165, 1.54) is 0 Å². The van der Waals surface area contributed by atoms with E-state index in [2.05, 4.69) is 26.1 Å². The molecular weight excluding hydrogens is 284 g/mol. The van der Waals surface area contributed by atoms with Gasteiger partial charge in [-0.15, -0.1) is 0 Å². The maximum absolute atomic E-state index is 12.4. The van der Waals surface area contributed by atoms with Crippen molar-refractivity contribution < 1.29 is 4.79 Å². The Kier molecular flexibility index (Phi) is 5.65. The summed E-state index contributed by atoms with van der Waals surface area (Å²) in [5.41, 5.74) is 1.15. The molecule has 0 aliphatic heterocycles. The predicted molar refractivity (Wildman–Crippen MR) is 87.4 cm³/mol. The Bertz CT molecular complexity index is 468. The number of benzene rings is 1. The van der Waals surface area contributed by atoms with Crippen LogP contribution in [0.15, 0.2) is 24.3 Å². The summed E-state index contributed by atoms with van der Waals surface area (Å²) < 4.78 is 0. The Labute approximate surface area is 132 Å². The van der Waals surface area contributed by atoms with E-state index >= 15 is 0 Å². The van der Waals surface area contributed by atoms with Crippen LogP contribution in [0.5, 0.6) is 0 Å². The zero-order valence-electron chi connectivity index (χ0n) is 13.1. The number of carbonyl (C=O) groups excluding carboxylic acids is 1. The van der Waals surface area contributed by atoms with Gasteiger partial charge in [0.25, 0.3) is 0 Å². The van der Waals surface area contributed by atoms with Crippen LogP contribution in [0, 0.1) is 5.92 Å². The third-order valence-electron chi connectivity index (χ3n) is 3.80. The second-order valence-electron chi connectivity index (χ2n) is 6.33. The van der Waals surface area contributed by atoms with E-state index in [1.54, 1.807) is 0 Å². The molecule has 4 heteroatoms. The van der Waals surface area contributed by atoms with E-state index in [1.807, 2.05) is 29.2 Å². The van der Waals surface area contributed by atoms with Crippen molar-refractivity contribution in [3.8, 4) is 0 Å². The van der Waals surface area contributed by atoms with E-state index in [4.69, 9.17) is 11.6 Å². The Morgan fingerprint density at radius 2 is 1.90 bits per heavy atom. The lowest BCUT2D eigenvalue weighted by atomic mass is 10.1. The first-order chi connectivity index (χ1) is 9.97. The van der Waals surface area contributed by atoms with Crippen molar-refractivity contribution in [2.45, 2.75) is 45.7 Å². The van der Waals surface area contributed by atoms with Crippen LogP contribution in [0.3, 0.4) is 0 Å². The largest absolute Gasteiger partial charge is 0.338 e. The van der Waals surface area contributed by atoms with E-state index < -0.39 is 0 Å². The van der Waals surface area contributed by atoms with Gasteiger partial charge >= 0.3 is 0 Å². The molecule has 1 aliphatic carbocycles. The highest BCUT2D eigenvalue weighted by atomic mass is 35.5. The van der Waals surface area contributed by atoms with Crippen molar-refractivity contribution in [2.75, 3.05) is 13.1 Å². The maximum atomic E-state index is 12.4. The summed E-state index contributed by atoms with van der Waals surface area (Å²) in [6.07, 6.45) is 2.32. The monoisotopic (exact) mass is 308 g/mol. The minimum absolute atomic E-state index is 0.145. The number of nitrogens with one attached hydrogen (secondary N) is 1. The number of rotatable bonds is 7. The lowest BCUT2D eigenvalue weighted by Gasteiger charge is -2.25. The lowest BCUT2D eigenvalue weighted by Crippen LogP contribution is -2.42. The van der Waals surface area contributed by atoms with Crippen molar-refractivity contribution in [2.24, 2.45) is 5.92 Å². The number of amides is 1. The minimum Gasteiger partial charge on any atom is -0.338 e. The molecule has 116 valence electrons. The van der Waals surface area contributed by atoms with E-state index in [-0.39, 0.29) is 11.9 Å². The average molecular weight is 309 g/mol. The Morgan fingerprint density at radius 1 is 1.29 bits per heavy atom. The molecule has 0 unspecified atom stereocenters. The van der Waals surface area contributed by atoms with Crippen molar-refractivity contribution in [3.05, 3.63) is 34.9 Å². The van der Waals surface area contributed by atoms with E-state index in [9.17, 15) is 4.79 Å². The second kappa shape index (κ2) is 7.28. The van der Waals surface area contributed by atoms with Gasteiger partial charge in [-0.2, -0.15) is 0 Å². The maximum Gasteiger partial charge on any atom is 0.236 e. The quantitative estimate of drug-likeness (QED) is 0.834.